The monoisotopic (exact) mass is 301 g/mol. The Morgan fingerprint density at radius 2 is 1.95 bits per heavy atom. The molecular weight excluding hydrogens is 282 g/mol. The van der Waals surface area contributed by atoms with Crippen LogP contribution >= 0.6 is 0 Å². The molecule has 0 aliphatic carbocycles. The van der Waals surface area contributed by atoms with Crippen LogP contribution in [-0.4, -0.2) is 65.4 Å². The number of rotatable bonds is 5. The average Bonchev–Trinajstić information content (AvgIpc) is 2.59. The van der Waals surface area contributed by atoms with Crippen molar-refractivity contribution in [1.82, 2.24) is 25.4 Å². The van der Waals surface area contributed by atoms with E-state index in [-0.39, 0.29) is 11.7 Å². The van der Waals surface area contributed by atoms with Gasteiger partial charge in [0.25, 0.3) is 5.91 Å². The molecule has 1 aromatic carbocycles. The van der Waals surface area contributed by atoms with Gasteiger partial charge >= 0.3 is 0 Å². The van der Waals surface area contributed by atoms with E-state index < -0.39 is 0 Å². The lowest BCUT2D eigenvalue weighted by Gasteiger charge is -2.26. The summed E-state index contributed by atoms with van der Waals surface area (Å²) in [5.74, 6) is -0.162. The van der Waals surface area contributed by atoms with Crippen molar-refractivity contribution in [2.24, 2.45) is 0 Å². The minimum atomic E-state index is -0.278. The second kappa shape index (κ2) is 7.24. The molecule has 7 heteroatoms. The van der Waals surface area contributed by atoms with E-state index in [1.165, 1.54) is 0 Å². The molecule has 2 heterocycles. The third-order valence-electron chi connectivity index (χ3n) is 3.60. The van der Waals surface area contributed by atoms with Crippen molar-refractivity contribution in [2.75, 3.05) is 39.4 Å². The molecule has 7 nitrogen and oxygen atoms in total. The Morgan fingerprint density at radius 3 is 2.77 bits per heavy atom. The van der Waals surface area contributed by atoms with E-state index in [0.29, 0.717) is 17.6 Å². The molecule has 0 atom stereocenters. The van der Waals surface area contributed by atoms with E-state index in [9.17, 15) is 4.79 Å². The van der Waals surface area contributed by atoms with E-state index in [2.05, 4.69) is 25.4 Å². The highest BCUT2D eigenvalue weighted by molar-refractivity contribution is 5.91. The lowest BCUT2D eigenvalue weighted by Crippen LogP contribution is -2.38. The maximum atomic E-state index is 12.0. The first-order valence-electron chi connectivity index (χ1n) is 7.51. The van der Waals surface area contributed by atoms with Crippen LogP contribution in [0.3, 0.4) is 0 Å². The number of carbonyl (C=O) groups is 1. The van der Waals surface area contributed by atoms with Gasteiger partial charge in [-0.05, 0) is 25.1 Å². The Kier molecular flexibility index (Phi) is 4.87. The van der Waals surface area contributed by atoms with Crippen molar-refractivity contribution < 1.29 is 9.53 Å². The van der Waals surface area contributed by atoms with Gasteiger partial charge in [0, 0.05) is 19.6 Å². The number of hydrogen-bond donors (Lipinski definition) is 1. The molecule has 0 saturated carbocycles. The topological polar surface area (TPSA) is 80.2 Å². The second-order valence-corrected chi connectivity index (χ2v) is 5.19. The third-order valence-corrected chi connectivity index (χ3v) is 3.60. The lowest BCUT2D eigenvalue weighted by atomic mass is 10.3. The largest absolute Gasteiger partial charge is 0.379 e. The number of aromatic nitrogens is 3. The summed E-state index contributed by atoms with van der Waals surface area (Å²) in [5, 5.41) is 10.7. The van der Waals surface area contributed by atoms with Gasteiger partial charge in [0.05, 0.1) is 18.7 Å². The summed E-state index contributed by atoms with van der Waals surface area (Å²) in [6, 6.07) is 7.36. The van der Waals surface area contributed by atoms with Gasteiger partial charge in [-0.25, -0.2) is 4.98 Å². The van der Waals surface area contributed by atoms with Crippen molar-refractivity contribution in [3.63, 3.8) is 0 Å². The lowest BCUT2D eigenvalue weighted by molar-refractivity contribution is 0.0374. The Bertz CT molecular complexity index is 643. The third kappa shape index (κ3) is 3.75. The van der Waals surface area contributed by atoms with Gasteiger partial charge in [-0.3, -0.25) is 9.69 Å². The molecule has 1 fully saturated rings. The molecule has 3 rings (SSSR count). The molecule has 0 radical (unpaired) electrons. The summed E-state index contributed by atoms with van der Waals surface area (Å²) in [4.78, 5) is 18.6. The van der Waals surface area contributed by atoms with Crippen LogP contribution in [0.1, 0.15) is 17.0 Å². The first-order valence-corrected chi connectivity index (χ1v) is 7.51. The van der Waals surface area contributed by atoms with Crippen LogP contribution in [0.2, 0.25) is 0 Å². The number of benzene rings is 1. The molecule has 1 aliphatic rings. The first-order chi connectivity index (χ1) is 10.8. The maximum Gasteiger partial charge on any atom is 0.291 e. The summed E-state index contributed by atoms with van der Waals surface area (Å²) >= 11 is 0. The van der Waals surface area contributed by atoms with E-state index >= 15 is 0 Å². The number of hydrogen-bond acceptors (Lipinski definition) is 6. The van der Waals surface area contributed by atoms with Crippen molar-refractivity contribution in [1.29, 1.82) is 0 Å². The number of fused-ring (bicyclic) bond motifs is 1. The Balaban J connectivity index is 1.48. The minimum Gasteiger partial charge on any atom is -0.379 e. The Labute approximate surface area is 128 Å². The molecule has 0 bridgehead atoms. The van der Waals surface area contributed by atoms with Gasteiger partial charge in [0.2, 0.25) is 5.82 Å². The summed E-state index contributed by atoms with van der Waals surface area (Å²) in [7, 11) is 0. The van der Waals surface area contributed by atoms with Gasteiger partial charge in [0.15, 0.2) is 0 Å². The number of nitrogens with one attached hydrogen (secondary N) is 1. The van der Waals surface area contributed by atoms with E-state index in [0.717, 1.165) is 39.3 Å². The fourth-order valence-electron chi connectivity index (χ4n) is 2.39. The molecule has 0 spiro atoms. The summed E-state index contributed by atoms with van der Waals surface area (Å²) in [5.41, 5.74) is 1.36. The van der Waals surface area contributed by atoms with Crippen molar-refractivity contribution >= 4 is 16.9 Å². The van der Waals surface area contributed by atoms with Crippen molar-refractivity contribution in [2.45, 2.75) is 6.42 Å². The minimum absolute atomic E-state index is 0.116. The highest BCUT2D eigenvalue weighted by Gasteiger charge is 2.12. The van der Waals surface area contributed by atoms with Crippen molar-refractivity contribution in [3.8, 4) is 0 Å². The number of ether oxygens (including phenoxy) is 1. The van der Waals surface area contributed by atoms with Crippen molar-refractivity contribution in [3.05, 3.63) is 30.1 Å². The van der Waals surface area contributed by atoms with Gasteiger partial charge in [-0.15, -0.1) is 10.2 Å². The van der Waals surface area contributed by atoms with Gasteiger partial charge in [-0.2, -0.15) is 0 Å². The van der Waals surface area contributed by atoms with Crippen LogP contribution in [-0.2, 0) is 4.74 Å². The van der Waals surface area contributed by atoms with E-state index in [1.54, 1.807) is 0 Å². The molecule has 1 saturated heterocycles. The van der Waals surface area contributed by atoms with Crippen LogP contribution in [0.15, 0.2) is 24.3 Å². The Morgan fingerprint density at radius 1 is 1.18 bits per heavy atom. The van der Waals surface area contributed by atoms with Crippen LogP contribution in [0.5, 0.6) is 0 Å². The molecule has 1 amide bonds. The van der Waals surface area contributed by atoms with Crippen LogP contribution in [0.25, 0.3) is 11.0 Å². The quantitative estimate of drug-likeness (QED) is 0.809. The number of morpholine rings is 1. The molecular formula is C15H19N5O2. The highest BCUT2D eigenvalue weighted by atomic mass is 16.5. The number of para-hydroxylation sites is 1. The molecule has 0 unspecified atom stereocenters. The van der Waals surface area contributed by atoms with Crippen LogP contribution in [0, 0.1) is 0 Å². The molecule has 1 N–H and O–H groups in total. The van der Waals surface area contributed by atoms with E-state index in [1.807, 2.05) is 24.3 Å². The van der Waals surface area contributed by atoms with Gasteiger partial charge in [-0.1, -0.05) is 12.1 Å². The zero-order chi connectivity index (χ0) is 15.2. The number of carbonyl (C=O) groups excluding carboxylic acids is 1. The molecule has 1 aromatic heterocycles. The summed E-state index contributed by atoms with van der Waals surface area (Å²) < 4.78 is 5.30. The first kappa shape index (κ1) is 14.8. The SMILES string of the molecule is O=C(NCCCN1CCOCC1)c1nnc2ccccc2n1. The zero-order valence-corrected chi connectivity index (χ0v) is 12.4. The molecule has 22 heavy (non-hydrogen) atoms. The maximum absolute atomic E-state index is 12.0. The summed E-state index contributed by atoms with van der Waals surface area (Å²) in [6.07, 6.45) is 0.896. The molecule has 2 aromatic rings. The second-order valence-electron chi connectivity index (χ2n) is 5.19. The molecule has 1 aliphatic heterocycles. The van der Waals surface area contributed by atoms with Gasteiger partial charge < -0.3 is 10.1 Å². The number of nitrogens with zero attached hydrogens (tertiary/aromatic N) is 4. The smallest absolute Gasteiger partial charge is 0.291 e. The standard InChI is InChI=1S/C15H19N5O2/c21-15(16-6-3-7-20-8-10-22-11-9-20)14-17-12-4-1-2-5-13(12)18-19-14/h1-2,4-5H,3,6-11H2,(H,16,21). The fraction of sp³-hybridized carbons (Fsp3) is 0.467. The van der Waals surface area contributed by atoms with Gasteiger partial charge in [0.1, 0.15) is 5.52 Å². The predicted molar refractivity (Wildman–Crippen MR) is 81.5 cm³/mol. The van der Waals surface area contributed by atoms with E-state index in [4.69, 9.17) is 4.74 Å². The predicted octanol–water partition coefficient (Wildman–Crippen LogP) is 0.477. The Hall–Kier alpha value is -2.12. The summed E-state index contributed by atoms with van der Waals surface area (Å²) in [6.45, 7) is 5.08. The highest BCUT2D eigenvalue weighted by Crippen LogP contribution is 2.06. The molecule has 116 valence electrons. The normalized spacial score (nSPS) is 15.8. The van der Waals surface area contributed by atoms with Crippen LogP contribution < -0.4 is 5.32 Å². The number of amides is 1. The zero-order valence-electron chi connectivity index (χ0n) is 12.4. The average molecular weight is 301 g/mol. The fourth-order valence-corrected chi connectivity index (χ4v) is 2.39. The van der Waals surface area contributed by atoms with Crippen LogP contribution in [0.4, 0.5) is 0 Å².